The third kappa shape index (κ3) is 3.83. The molecule has 0 spiro atoms. The van der Waals surface area contributed by atoms with Crippen molar-refractivity contribution in [1.82, 2.24) is 0 Å². The Kier molecular flexibility index (Phi) is 5.35. The molecule has 0 heterocycles. The first-order valence-corrected chi connectivity index (χ1v) is 5.99. The molecule has 112 valence electrons. The zero-order valence-corrected chi connectivity index (χ0v) is 11.1. The summed E-state index contributed by atoms with van der Waals surface area (Å²) in [4.78, 5) is 11.2. The molecule has 0 radical (unpaired) electrons. The van der Waals surface area contributed by atoms with Gasteiger partial charge < -0.3 is 10.5 Å². The summed E-state index contributed by atoms with van der Waals surface area (Å²) < 4.78 is 55.9. The Morgan fingerprint density at radius 2 is 2.05 bits per heavy atom. The SMILES string of the molecule is CCOC(=O)C(F)[C@H](N)c1cc(C(F)(F)F)ccc1Cl. The highest BCUT2D eigenvalue weighted by Gasteiger charge is 2.34. The summed E-state index contributed by atoms with van der Waals surface area (Å²) in [5.41, 5.74) is 4.13. The molecule has 0 aliphatic carbocycles. The average Bonchev–Trinajstić information content (AvgIpc) is 2.36. The second-order valence-corrected chi connectivity index (χ2v) is 4.32. The van der Waals surface area contributed by atoms with Crippen LogP contribution >= 0.6 is 11.6 Å². The van der Waals surface area contributed by atoms with Gasteiger partial charge in [-0.15, -0.1) is 0 Å². The minimum atomic E-state index is -4.62. The predicted octanol–water partition coefficient (Wildman–Crippen LogP) is 3.26. The molecule has 1 unspecified atom stereocenters. The fourth-order valence-corrected chi connectivity index (χ4v) is 1.75. The molecular formula is C12H12ClF4NO2. The van der Waals surface area contributed by atoms with Crippen molar-refractivity contribution in [2.24, 2.45) is 5.73 Å². The topological polar surface area (TPSA) is 52.3 Å². The third-order valence-electron chi connectivity index (χ3n) is 2.51. The van der Waals surface area contributed by atoms with Crippen LogP contribution in [0.2, 0.25) is 5.02 Å². The summed E-state index contributed by atoms with van der Waals surface area (Å²) in [5, 5.41) is -0.155. The van der Waals surface area contributed by atoms with Crippen molar-refractivity contribution in [3.8, 4) is 0 Å². The average molecular weight is 314 g/mol. The smallest absolute Gasteiger partial charge is 0.416 e. The molecule has 20 heavy (non-hydrogen) atoms. The number of hydrogen-bond donors (Lipinski definition) is 1. The molecule has 0 fully saturated rings. The Morgan fingerprint density at radius 3 is 2.55 bits per heavy atom. The fourth-order valence-electron chi connectivity index (χ4n) is 1.50. The molecule has 2 N–H and O–H groups in total. The zero-order chi connectivity index (χ0) is 15.5. The molecule has 1 rings (SSSR count). The lowest BCUT2D eigenvalue weighted by Crippen LogP contribution is -2.32. The number of alkyl halides is 4. The predicted molar refractivity (Wildman–Crippen MR) is 64.9 cm³/mol. The van der Waals surface area contributed by atoms with E-state index in [0.29, 0.717) is 6.07 Å². The normalized spacial score (nSPS) is 14.8. The van der Waals surface area contributed by atoms with Gasteiger partial charge in [0.05, 0.1) is 18.2 Å². The van der Waals surface area contributed by atoms with Crippen molar-refractivity contribution < 1.29 is 27.1 Å². The molecule has 0 aliphatic rings. The Hall–Kier alpha value is -1.34. The third-order valence-corrected chi connectivity index (χ3v) is 2.85. The van der Waals surface area contributed by atoms with Crippen LogP contribution in [0.4, 0.5) is 17.6 Å². The van der Waals surface area contributed by atoms with Crippen LogP contribution in [0.3, 0.4) is 0 Å². The number of ether oxygens (including phenoxy) is 1. The van der Waals surface area contributed by atoms with E-state index >= 15 is 0 Å². The standard InChI is InChI=1S/C12H12ClF4NO2/c1-2-20-11(19)9(14)10(18)7-5-6(12(15,16)17)3-4-8(7)13/h3-5,9-10H,2,18H2,1H3/t9?,10-/m1/s1. The molecular weight excluding hydrogens is 302 g/mol. The molecule has 0 amide bonds. The van der Waals surface area contributed by atoms with Crippen molar-refractivity contribution in [3.63, 3.8) is 0 Å². The first-order valence-electron chi connectivity index (χ1n) is 5.61. The molecule has 0 saturated heterocycles. The van der Waals surface area contributed by atoms with Crippen molar-refractivity contribution in [2.45, 2.75) is 25.3 Å². The van der Waals surface area contributed by atoms with E-state index < -0.39 is 29.9 Å². The quantitative estimate of drug-likeness (QED) is 0.685. The monoisotopic (exact) mass is 313 g/mol. The number of carbonyl (C=O) groups excluding carboxylic acids is 1. The summed E-state index contributed by atoms with van der Waals surface area (Å²) in [6, 6.07) is 0.690. The van der Waals surface area contributed by atoms with Crippen LogP contribution in [0.25, 0.3) is 0 Å². The molecule has 8 heteroatoms. The number of carbonyl (C=O) groups is 1. The minimum absolute atomic E-state index is 0.0672. The molecule has 0 aliphatic heterocycles. The lowest BCUT2D eigenvalue weighted by atomic mass is 10.0. The van der Waals surface area contributed by atoms with Crippen LogP contribution in [0.1, 0.15) is 24.1 Å². The number of esters is 1. The van der Waals surface area contributed by atoms with Gasteiger partial charge >= 0.3 is 12.1 Å². The molecule has 1 aromatic carbocycles. The lowest BCUT2D eigenvalue weighted by Gasteiger charge is -2.18. The van der Waals surface area contributed by atoms with Crippen molar-refractivity contribution in [2.75, 3.05) is 6.61 Å². The van der Waals surface area contributed by atoms with Crippen LogP contribution < -0.4 is 5.73 Å². The number of halogens is 5. The number of rotatable bonds is 4. The minimum Gasteiger partial charge on any atom is -0.464 e. The fraction of sp³-hybridized carbons (Fsp3) is 0.417. The molecule has 0 saturated carbocycles. The summed E-state index contributed by atoms with van der Waals surface area (Å²) in [6.07, 6.45) is -6.91. The maximum absolute atomic E-state index is 13.7. The Labute approximate surface area is 117 Å². The van der Waals surface area contributed by atoms with Gasteiger partial charge in [0.25, 0.3) is 0 Å². The molecule has 2 atom stereocenters. The first kappa shape index (κ1) is 16.7. The molecule has 0 aromatic heterocycles. The zero-order valence-electron chi connectivity index (χ0n) is 10.4. The van der Waals surface area contributed by atoms with Gasteiger partial charge in [0.2, 0.25) is 6.17 Å². The maximum atomic E-state index is 13.7. The maximum Gasteiger partial charge on any atom is 0.416 e. The first-order chi connectivity index (χ1) is 9.18. The van der Waals surface area contributed by atoms with E-state index in [-0.39, 0.29) is 17.2 Å². The van der Waals surface area contributed by atoms with E-state index in [2.05, 4.69) is 4.74 Å². The Bertz CT molecular complexity index is 493. The van der Waals surface area contributed by atoms with E-state index in [1.807, 2.05) is 0 Å². The second-order valence-electron chi connectivity index (χ2n) is 3.91. The van der Waals surface area contributed by atoms with E-state index in [4.69, 9.17) is 17.3 Å². The Morgan fingerprint density at radius 1 is 1.45 bits per heavy atom. The lowest BCUT2D eigenvalue weighted by molar-refractivity contribution is -0.149. The Balaban J connectivity index is 3.09. The largest absolute Gasteiger partial charge is 0.464 e. The van der Waals surface area contributed by atoms with Crippen molar-refractivity contribution in [3.05, 3.63) is 34.3 Å². The van der Waals surface area contributed by atoms with Gasteiger partial charge in [0.1, 0.15) is 0 Å². The van der Waals surface area contributed by atoms with Gasteiger partial charge in [0.15, 0.2) is 0 Å². The number of benzene rings is 1. The van der Waals surface area contributed by atoms with Crippen LogP contribution in [0, 0.1) is 0 Å². The van der Waals surface area contributed by atoms with E-state index in [1.54, 1.807) is 0 Å². The van der Waals surface area contributed by atoms with E-state index in [9.17, 15) is 22.4 Å². The highest BCUT2D eigenvalue weighted by molar-refractivity contribution is 6.31. The van der Waals surface area contributed by atoms with Crippen LogP contribution in [0.5, 0.6) is 0 Å². The highest BCUT2D eigenvalue weighted by Crippen LogP contribution is 2.34. The molecule has 0 bridgehead atoms. The van der Waals surface area contributed by atoms with Crippen molar-refractivity contribution in [1.29, 1.82) is 0 Å². The van der Waals surface area contributed by atoms with Gasteiger partial charge in [-0.05, 0) is 30.7 Å². The number of nitrogens with two attached hydrogens (primary N) is 1. The van der Waals surface area contributed by atoms with Crippen LogP contribution in [-0.2, 0) is 15.7 Å². The summed E-state index contributed by atoms with van der Waals surface area (Å²) in [6.45, 7) is 1.40. The molecule has 3 nitrogen and oxygen atoms in total. The van der Waals surface area contributed by atoms with Crippen LogP contribution in [-0.4, -0.2) is 18.7 Å². The molecule has 1 aromatic rings. The van der Waals surface area contributed by atoms with Crippen molar-refractivity contribution >= 4 is 17.6 Å². The number of hydrogen-bond acceptors (Lipinski definition) is 3. The van der Waals surface area contributed by atoms with E-state index in [1.165, 1.54) is 6.92 Å². The summed E-state index contributed by atoms with van der Waals surface area (Å²) >= 11 is 5.70. The summed E-state index contributed by atoms with van der Waals surface area (Å²) in [5.74, 6) is -1.24. The summed E-state index contributed by atoms with van der Waals surface area (Å²) in [7, 11) is 0. The van der Waals surface area contributed by atoms with Crippen LogP contribution in [0.15, 0.2) is 18.2 Å². The second kappa shape index (κ2) is 6.41. The highest BCUT2D eigenvalue weighted by atomic mass is 35.5. The van der Waals surface area contributed by atoms with Gasteiger partial charge in [-0.25, -0.2) is 9.18 Å². The van der Waals surface area contributed by atoms with Gasteiger partial charge in [-0.2, -0.15) is 13.2 Å². The van der Waals surface area contributed by atoms with Gasteiger partial charge in [-0.1, -0.05) is 11.6 Å². The van der Waals surface area contributed by atoms with Gasteiger partial charge in [-0.3, -0.25) is 0 Å². The van der Waals surface area contributed by atoms with E-state index in [0.717, 1.165) is 12.1 Å². The van der Waals surface area contributed by atoms with Gasteiger partial charge in [0, 0.05) is 5.02 Å².